The van der Waals surface area contributed by atoms with Crippen molar-refractivity contribution < 1.29 is 14.3 Å². The van der Waals surface area contributed by atoms with Gasteiger partial charge in [-0.1, -0.05) is 0 Å². The van der Waals surface area contributed by atoms with Gasteiger partial charge < -0.3 is 14.3 Å². The van der Waals surface area contributed by atoms with Crippen LogP contribution in [-0.4, -0.2) is 11.7 Å². The predicted octanol–water partition coefficient (Wildman–Crippen LogP) is 2.32. The highest BCUT2D eigenvalue weighted by Crippen LogP contribution is 2.28. The summed E-state index contributed by atoms with van der Waals surface area (Å²) in [6.45, 7) is 2.61. The van der Waals surface area contributed by atoms with Gasteiger partial charge in [-0.05, 0) is 31.4 Å². The van der Waals surface area contributed by atoms with E-state index in [4.69, 9.17) is 9.15 Å². The third kappa shape index (κ3) is 1.82. The molecule has 0 spiro atoms. The van der Waals surface area contributed by atoms with Crippen molar-refractivity contribution in [2.75, 3.05) is 6.61 Å². The molecule has 1 aliphatic rings. The Labute approximate surface area is 83.0 Å². The molecule has 14 heavy (non-hydrogen) atoms. The summed E-state index contributed by atoms with van der Waals surface area (Å²) < 4.78 is 10.3. The van der Waals surface area contributed by atoms with Crippen LogP contribution in [0.4, 0.5) is 0 Å². The molecule has 0 aliphatic carbocycles. The summed E-state index contributed by atoms with van der Waals surface area (Å²) in [5.74, 6) is 0.816. The minimum atomic E-state index is -0.576. The lowest BCUT2D eigenvalue weighted by molar-refractivity contribution is 0.170. The highest BCUT2D eigenvalue weighted by Gasteiger charge is 2.17. The molecule has 1 atom stereocenters. The lowest BCUT2D eigenvalue weighted by Gasteiger charge is -2.17. The van der Waals surface area contributed by atoms with Gasteiger partial charge >= 0.3 is 0 Å². The van der Waals surface area contributed by atoms with E-state index in [1.807, 2.05) is 13.0 Å². The monoisotopic (exact) mass is 194 g/mol. The van der Waals surface area contributed by atoms with Crippen LogP contribution in [0.1, 0.15) is 30.3 Å². The number of aryl methyl sites for hydroxylation is 1. The third-order valence-electron chi connectivity index (χ3n) is 2.38. The molecule has 1 N–H and O–H groups in total. The van der Waals surface area contributed by atoms with Gasteiger partial charge in [-0.25, -0.2) is 0 Å². The number of aliphatic hydroxyl groups is 1. The van der Waals surface area contributed by atoms with E-state index in [1.54, 1.807) is 12.5 Å². The van der Waals surface area contributed by atoms with Crippen LogP contribution in [-0.2, 0) is 4.74 Å². The van der Waals surface area contributed by atoms with Crippen molar-refractivity contribution in [3.05, 3.63) is 35.5 Å². The van der Waals surface area contributed by atoms with Gasteiger partial charge in [0, 0.05) is 5.56 Å². The van der Waals surface area contributed by atoms with Crippen molar-refractivity contribution >= 4 is 0 Å². The Morgan fingerprint density at radius 2 is 2.36 bits per heavy atom. The van der Waals surface area contributed by atoms with Gasteiger partial charge in [-0.15, -0.1) is 0 Å². The van der Waals surface area contributed by atoms with E-state index in [-0.39, 0.29) is 0 Å². The Morgan fingerprint density at radius 3 is 2.93 bits per heavy atom. The van der Waals surface area contributed by atoms with Crippen molar-refractivity contribution in [1.82, 2.24) is 0 Å². The minimum absolute atomic E-state index is 0.576. The van der Waals surface area contributed by atoms with Gasteiger partial charge in [0.1, 0.15) is 11.9 Å². The zero-order valence-electron chi connectivity index (χ0n) is 8.19. The molecule has 3 nitrogen and oxygen atoms in total. The van der Waals surface area contributed by atoms with E-state index >= 15 is 0 Å². The molecule has 2 heterocycles. The van der Waals surface area contributed by atoms with Gasteiger partial charge in [0.15, 0.2) is 0 Å². The maximum atomic E-state index is 9.95. The molecule has 1 unspecified atom stereocenters. The third-order valence-corrected chi connectivity index (χ3v) is 2.38. The first-order valence-corrected chi connectivity index (χ1v) is 4.81. The number of furan rings is 1. The van der Waals surface area contributed by atoms with Crippen LogP contribution in [0.2, 0.25) is 0 Å². The van der Waals surface area contributed by atoms with Crippen LogP contribution in [0.3, 0.4) is 0 Å². The zero-order chi connectivity index (χ0) is 9.97. The number of ether oxygens (including phenoxy) is 1. The SMILES string of the molecule is Cc1cc(C(O)C2=COCCC2)co1. The molecule has 0 fully saturated rings. The number of rotatable bonds is 2. The summed E-state index contributed by atoms with van der Waals surface area (Å²) in [5.41, 5.74) is 1.73. The topological polar surface area (TPSA) is 42.6 Å². The Morgan fingerprint density at radius 1 is 1.50 bits per heavy atom. The van der Waals surface area contributed by atoms with Gasteiger partial charge in [-0.3, -0.25) is 0 Å². The van der Waals surface area contributed by atoms with Crippen LogP contribution >= 0.6 is 0 Å². The molecule has 0 bridgehead atoms. The zero-order valence-corrected chi connectivity index (χ0v) is 8.19. The molecule has 0 amide bonds. The van der Waals surface area contributed by atoms with Gasteiger partial charge in [-0.2, -0.15) is 0 Å². The van der Waals surface area contributed by atoms with Crippen LogP contribution in [0.15, 0.2) is 28.6 Å². The second-order valence-electron chi connectivity index (χ2n) is 3.56. The first-order chi connectivity index (χ1) is 6.77. The van der Waals surface area contributed by atoms with Crippen molar-refractivity contribution in [1.29, 1.82) is 0 Å². The van der Waals surface area contributed by atoms with Crippen LogP contribution in [0.5, 0.6) is 0 Å². The van der Waals surface area contributed by atoms with E-state index in [0.717, 1.165) is 36.3 Å². The fourth-order valence-corrected chi connectivity index (χ4v) is 1.61. The first kappa shape index (κ1) is 9.34. The minimum Gasteiger partial charge on any atom is -0.501 e. The summed E-state index contributed by atoms with van der Waals surface area (Å²) >= 11 is 0. The lowest BCUT2D eigenvalue weighted by Crippen LogP contribution is -2.07. The molecule has 0 saturated carbocycles. The van der Waals surface area contributed by atoms with Crippen LogP contribution in [0.25, 0.3) is 0 Å². The molecule has 76 valence electrons. The quantitative estimate of drug-likeness (QED) is 0.785. The Hall–Kier alpha value is -1.22. The summed E-state index contributed by atoms with van der Waals surface area (Å²) in [7, 11) is 0. The van der Waals surface area contributed by atoms with E-state index < -0.39 is 6.10 Å². The molecular formula is C11H14O3. The van der Waals surface area contributed by atoms with Gasteiger partial charge in [0.25, 0.3) is 0 Å². The molecule has 1 aromatic heterocycles. The van der Waals surface area contributed by atoms with Crippen LogP contribution in [0, 0.1) is 6.92 Å². The number of hydrogen-bond acceptors (Lipinski definition) is 3. The largest absolute Gasteiger partial charge is 0.501 e. The fourth-order valence-electron chi connectivity index (χ4n) is 1.61. The van der Waals surface area contributed by atoms with Crippen molar-refractivity contribution in [3.8, 4) is 0 Å². The molecule has 2 rings (SSSR count). The standard InChI is InChI=1S/C11H14O3/c1-8-5-10(7-14-8)11(12)9-3-2-4-13-6-9/h5-7,11-12H,2-4H2,1H3. The van der Waals surface area contributed by atoms with Crippen molar-refractivity contribution in [2.45, 2.75) is 25.9 Å². The normalized spacial score (nSPS) is 18.6. The van der Waals surface area contributed by atoms with E-state index in [0.29, 0.717) is 0 Å². The summed E-state index contributed by atoms with van der Waals surface area (Å²) in [4.78, 5) is 0. The maximum absolute atomic E-state index is 9.95. The van der Waals surface area contributed by atoms with Gasteiger partial charge in [0.2, 0.25) is 0 Å². The second kappa shape index (κ2) is 3.88. The second-order valence-corrected chi connectivity index (χ2v) is 3.56. The molecule has 1 aliphatic heterocycles. The molecular weight excluding hydrogens is 180 g/mol. The molecule has 0 saturated heterocycles. The molecule has 3 heteroatoms. The Balaban J connectivity index is 2.14. The van der Waals surface area contributed by atoms with Crippen molar-refractivity contribution in [3.63, 3.8) is 0 Å². The van der Waals surface area contributed by atoms with Gasteiger partial charge in [0.05, 0.1) is 19.1 Å². The van der Waals surface area contributed by atoms with E-state index in [1.165, 1.54) is 0 Å². The smallest absolute Gasteiger partial charge is 0.106 e. The lowest BCUT2D eigenvalue weighted by atomic mass is 10.00. The Kier molecular flexibility index (Phi) is 2.59. The maximum Gasteiger partial charge on any atom is 0.106 e. The highest BCUT2D eigenvalue weighted by atomic mass is 16.5. The van der Waals surface area contributed by atoms with Crippen molar-refractivity contribution in [2.24, 2.45) is 0 Å². The fraction of sp³-hybridized carbons (Fsp3) is 0.455. The Bertz CT molecular complexity index is 338. The molecule has 0 aromatic carbocycles. The summed E-state index contributed by atoms with van der Waals surface area (Å²) in [6.07, 6.45) is 4.55. The molecule has 1 aromatic rings. The number of hydrogen-bond donors (Lipinski definition) is 1. The highest BCUT2D eigenvalue weighted by molar-refractivity contribution is 5.24. The predicted molar refractivity (Wildman–Crippen MR) is 51.7 cm³/mol. The summed E-state index contributed by atoms with van der Waals surface area (Å²) in [6, 6.07) is 1.85. The van der Waals surface area contributed by atoms with E-state index in [9.17, 15) is 5.11 Å². The average molecular weight is 194 g/mol. The summed E-state index contributed by atoms with van der Waals surface area (Å²) in [5, 5.41) is 9.95. The first-order valence-electron chi connectivity index (χ1n) is 4.81. The average Bonchev–Trinajstić information content (AvgIpc) is 2.65. The van der Waals surface area contributed by atoms with E-state index in [2.05, 4.69) is 0 Å². The number of aliphatic hydroxyl groups excluding tert-OH is 1. The van der Waals surface area contributed by atoms with Crippen LogP contribution < -0.4 is 0 Å². The molecule has 0 radical (unpaired) electrons.